The summed E-state index contributed by atoms with van der Waals surface area (Å²) in [6.07, 6.45) is 4.90. The van der Waals surface area contributed by atoms with Gasteiger partial charge in [0.2, 0.25) is 0 Å². The number of terminal acetylenes is 1. The molecule has 3 nitrogen and oxygen atoms in total. The van der Waals surface area contributed by atoms with Gasteiger partial charge >= 0.3 is 0 Å². The summed E-state index contributed by atoms with van der Waals surface area (Å²) in [6.45, 7) is 0.135. The van der Waals surface area contributed by atoms with E-state index in [0.717, 1.165) is 5.56 Å². The summed E-state index contributed by atoms with van der Waals surface area (Å²) >= 11 is 0. The summed E-state index contributed by atoms with van der Waals surface area (Å²) < 4.78 is 5.34. The highest BCUT2D eigenvalue weighted by Gasteiger charge is 2.01. The third-order valence-electron chi connectivity index (χ3n) is 1.95. The van der Waals surface area contributed by atoms with Gasteiger partial charge in [-0.15, -0.1) is 6.42 Å². The second kappa shape index (κ2) is 6.07. The van der Waals surface area contributed by atoms with Crippen molar-refractivity contribution in [2.24, 2.45) is 0 Å². The maximum atomic E-state index is 9.06. The number of benzene rings is 1. The average molecular weight is 206 g/mol. The normalized spacial score (nSPS) is 11.8. The van der Waals surface area contributed by atoms with E-state index < -0.39 is 6.10 Å². The summed E-state index contributed by atoms with van der Waals surface area (Å²) in [7, 11) is 0. The topological polar surface area (TPSA) is 49.7 Å². The fraction of sp³-hybridized carbons (Fsp3) is 0.333. The minimum Gasteiger partial charge on any atom is -0.493 e. The quantitative estimate of drug-likeness (QED) is 0.700. The summed E-state index contributed by atoms with van der Waals surface area (Å²) in [5.74, 6) is 3.22. The Bertz CT molecular complexity index is 324. The van der Waals surface area contributed by atoms with Crippen LogP contribution in [0.15, 0.2) is 24.3 Å². The predicted octanol–water partition coefficient (Wildman–Crippen LogP) is 0.790. The number of hydrogen-bond acceptors (Lipinski definition) is 3. The molecule has 0 radical (unpaired) electrons. The smallest absolute Gasteiger partial charge is 0.119 e. The van der Waals surface area contributed by atoms with Crippen molar-refractivity contribution in [2.75, 3.05) is 13.2 Å². The van der Waals surface area contributed by atoms with E-state index in [4.69, 9.17) is 21.4 Å². The van der Waals surface area contributed by atoms with Crippen LogP contribution >= 0.6 is 0 Å². The molecule has 0 amide bonds. The molecule has 3 heteroatoms. The minimum absolute atomic E-state index is 0.237. The molecule has 0 aliphatic heterocycles. The summed E-state index contributed by atoms with van der Waals surface area (Å²) in [5.41, 5.74) is 0.803. The third kappa shape index (κ3) is 4.03. The predicted molar refractivity (Wildman–Crippen MR) is 57.6 cm³/mol. The van der Waals surface area contributed by atoms with Gasteiger partial charge < -0.3 is 14.9 Å². The van der Waals surface area contributed by atoms with Crippen molar-refractivity contribution >= 4 is 0 Å². The number of rotatable bonds is 5. The highest BCUT2D eigenvalue weighted by molar-refractivity contribution is 5.36. The largest absolute Gasteiger partial charge is 0.493 e. The number of aliphatic hydroxyl groups excluding tert-OH is 2. The third-order valence-corrected chi connectivity index (χ3v) is 1.95. The van der Waals surface area contributed by atoms with Crippen LogP contribution in [0, 0.1) is 12.3 Å². The minimum atomic E-state index is -0.713. The lowest BCUT2D eigenvalue weighted by atomic mass is 10.2. The second-order valence-electron chi connectivity index (χ2n) is 3.14. The molecule has 0 aliphatic carbocycles. The van der Waals surface area contributed by atoms with Crippen LogP contribution in [0.4, 0.5) is 0 Å². The molecule has 0 spiro atoms. The maximum absolute atomic E-state index is 9.06. The summed E-state index contributed by atoms with van der Waals surface area (Å²) in [5, 5.41) is 17.6. The van der Waals surface area contributed by atoms with Crippen molar-refractivity contribution in [3.63, 3.8) is 0 Å². The van der Waals surface area contributed by atoms with Crippen LogP contribution in [0.25, 0.3) is 0 Å². The first-order chi connectivity index (χ1) is 7.26. The average Bonchev–Trinajstić information content (AvgIpc) is 2.29. The number of aliphatic hydroxyl groups is 2. The van der Waals surface area contributed by atoms with Gasteiger partial charge in [-0.05, 0) is 24.3 Å². The van der Waals surface area contributed by atoms with Gasteiger partial charge in [-0.3, -0.25) is 0 Å². The van der Waals surface area contributed by atoms with E-state index in [9.17, 15) is 0 Å². The van der Waals surface area contributed by atoms with E-state index in [-0.39, 0.29) is 6.61 Å². The van der Waals surface area contributed by atoms with Crippen molar-refractivity contribution < 1.29 is 14.9 Å². The van der Waals surface area contributed by atoms with Crippen molar-refractivity contribution in [2.45, 2.75) is 12.5 Å². The van der Waals surface area contributed by atoms with Crippen molar-refractivity contribution in [3.05, 3.63) is 29.8 Å². The van der Waals surface area contributed by atoms with E-state index in [1.807, 2.05) is 0 Å². The summed E-state index contributed by atoms with van der Waals surface area (Å²) in [4.78, 5) is 0. The molecule has 0 fully saturated rings. The molecule has 1 atom stereocenters. The Labute approximate surface area is 89.3 Å². The van der Waals surface area contributed by atoms with Gasteiger partial charge in [-0.25, -0.2) is 0 Å². The lowest BCUT2D eigenvalue weighted by Crippen LogP contribution is -2.15. The van der Waals surface area contributed by atoms with Crippen LogP contribution in [0.3, 0.4) is 0 Å². The maximum Gasteiger partial charge on any atom is 0.119 e. The van der Waals surface area contributed by atoms with Gasteiger partial charge in [0.25, 0.3) is 0 Å². The first-order valence-electron chi connectivity index (χ1n) is 4.74. The van der Waals surface area contributed by atoms with Crippen LogP contribution in [-0.2, 0) is 0 Å². The van der Waals surface area contributed by atoms with Crippen LogP contribution in [0.5, 0.6) is 5.75 Å². The fourth-order valence-electron chi connectivity index (χ4n) is 1.05. The summed E-state index contributed by atoms with van der Waals surface area (Å²) in [6, 6.07) is 7.14. The zero-order valence-electron chi connectivity index (χ0n) is 8.39. The number of ether oxygens (including phenoxy) is 1. The molecule has 0 aliphatic rings. The van der Waals surface area contributed by atoms with E-state index in [0.29, 0.717) is 18.8 Å². The molecule has 15 heavy (non-hydrogen) atoms. The van der Waals surface area contributed by atoms with Gasteiger partial charge in [-0.2, -0.15) is 0 Å². The molecular weight excluding hydrogens is 192 g/mol. The van der Waals surface area contributed by atoms with E-state index in [1.165, 1.54) is 0 Å². The zero-order chi connectivity index (χ0) is 11.1. The standard InChI is InChI=1S/C12H14O3/c1-2-10-3-5-12(6-4-10)15-8-7-11(14)9-13/h1,3-6,11,13-14H,7-9H2/t11-/m0/s1. The molecule has 0 saturated carbocycles. The second-order valence-corrected chi connectivity index (χ2v) is 3.14. The Morgan fingerprint density at radius 1 is 1.33 bits per heavy atom. The molecular formula is C12H14O3. The van der Waals surface area contributed by atoms with Gasteiger partial charge in [-0.1, -0.05) is 5.92 Å². The Morgan fingerprint density at radius 2 is 2.00 bits per heavy atom. The molecule has 0 aromatic heterocycles. The molecule has 1 aromatic rings. The Hall–Kier alpha value is -1.50. The van der Waals surface area contributed by atoms with Crippen LogP contribution < -0.4 is 4.74 Å². The molecule has 0 saturated heterocycles. The van der Waals surface area contributed by atoms with Crippen LogP contribution in [-0.4, -0.2) is 29.5 Å². The highest BCUT2D eigenvalue weighted by atomic mass is 16.5. The fourth-order valence-corrected chi connectivity index (χ4v) is 1.05. The Balaban J connectivity index is 2.35. The van der Waals surface area contributed by atoms with E-state index >= 15 is 0 Å². The van der Waals surface area contributed by atoms with Gasteiger partial charge in [0.05, 0.1) is 19.3 Å². The molecule has 0 unspecified atom stereocenters. The van der Waals surface area contributed by atoms with Gasteiger partial charge in [0, 0.05) is 12.0 Å². The molecule has 1 rings (SSSR count). The van der Waals surface area contributed by atoms with Crippen molar-refractivity contribution in [3.8, 4) is 18.1 Å². The van der Waals surface area contributed by atoms with Crippen LogP contribution in [0.1, 0.15) is 12.0 Å². The van der Waals surface area contributed by atoms with E-state index in [2.05, 4.69) is 5.92 Å². The lowest BCUT2D eigenvalue weighted by Gasteiger charge is -2.08. The zero-order valence-corrected chi connectivity index (χ0v) is 8.39. The molecule has 0 bridgehead atoms. The van der Waals surface area contributed by atoms with Crippen molar-refractivity contribution in [1.82, 2.24) is 0 Å². The van der Waals surface area contributed by atoms with Gasteiger partial charge in [0.1, 0.15) is 5.75 Å². The van der Waals surface area contributed by atoms with E-state index in [1.54, 1.807) is 24.3 Å². The first kappa shape index (κ1) is 11.6. The molecule has 1 aromatic carbocycles. The van der Waals surface area contributed by atoms with Crippen LogP contribution in [0.2, 0.25) is 0 Å². The molecule has 80 valence electrons. The molecule has 0 heterocycles. The lowest BCUT2D eigenvalue weighted by molar-refractivity contribution is 0.0754. The Morgan fingerprint density at radius 3 is 2.53 bits per heavy atom. The van der Waals surface area contributed by atoms with Crippen molar-refractivity contribution in [1.29, 1.82) is 0 Å². The SMILES string of the molecule is C#Cc1ccc(OCC[C@H](O)CO)cc1. The highest BCUT2D eigenvalue weighted by Crippen LogP contribution is 2.11. The number of hydrogen-bond donors (Lipinski definition) is 2. The molecule has 2 N–H and O–H groups in total. The first-order valence-corrected chi connectivity index (χ1v) is 4.74. The monoisotopic (exact) mass is 206 g/mol. The van der Waals surface area contributed by atoms with Gasteiger partial charge in [0.15, 0.2) is 0 Å². The Kier molecular flexibility index (Phi) is 4.69.